The summed E-state index contributed by atoms with van der Waals surface area (Å²) in [6.45, 7) is 3.70. The van der Waals surface area contributed by atoms with E-state index in [1.54, 1.807) is 13.8 Å². The number of hydrogen-bond acceptors (Lipinski definition) is 5. The molecule has 0 bridgehead atoms. The Kier molecular flexibility index (Phi) is 5.16. The molecule has 7 heteroatoms. The van der Waals surface area contributed by atoms with E-state index in [0.717, 1.165) is 11.3 Å². The normalized spacial score (nSPS) is 17.3. The smallest absolute Gasteiger partial charge is 0.341 e. The quantitative estimate of drug-likeness (QED) is 0.649. The van der Waals surface area contributed by atoms with E-state index >= 15 is 0 Å². The molecule has 1 N–H and O–H groups in total. The zero-order valence-corrected chi connectivity index (χ0v) is 14.2. The van der Waals surface area contributed by atoms with Gasteiger partial charge in [0.15, 0.2) is 5.78 Å². The van der Waals surface area contributed by atoms with Crippen molar-refractivity contribution < 1.29 is 19.1 Å². The molecule has 0 unspecified atom stereocenters. The molecule has 1 aromatic rings. The molecule has 0 radical (unpaired) electrons. The molecule has 1 aliphatic carbocycles. The van der Waals surface area contributed by atoms with Crippen LogP contribution in [0.4, 0.5) is 5.00 Å². The molecule has 1 amide bonds. The Morgan fingerprint density at radius 1 is 1.43 bits per heavy atom. The van der Waals surface area contributed by atoms with Gasteiger partial charge >= 0.3 is 5.97 Å². The van der Waals surface area contributed by atoms with Gasteiger partial charge in [-0.25, -0.2) is 4.79 Å². The summed E-state index contributed by atoms with van der Waals surface area (Å²) >= 11 is 4.50. The highest BCUT2D eigenvalue weighted by atomic mass is 79.9. The summed E-state index contributed by atoms with van der Waals surface area (Å²) in [5.74, 6) is -0.715. The van der Waals surface area contributed by atoms with Crippen molar-refractivity contribution >= 4 is 49.9 Å². The molecule has 21 heavy (non-hydrogen) atoms. The van der Waals surface area contributed by atoms with Gasteiger partial charge in [0.25, 0.3) is 0 Å². The lowest BCUT2D eigenvalue weighted by molar-refractivity contribution is -0.115. The number of hydrogen-bond donors (Lipinski definition) is 1. The number of amides is 1. The van der Waals surface area contributed by atoms with Crippen molar-refractivity contribution in [3.8, 4) is 0 Å². The van der Waals surface area contributed by atoms with Gasteiger partial charge in [-0.1, -0.05) is 22.9 Å². The largest absolute Gasteiger partial charge is 0.462 e. The van der Waals surface area contributed by atoms with Crippen LogP contribution in [0.15, 0.2) is 0 Å². The third-order valence-corrected chi connectivity index (χ3v) is 5.25. The number of Topliss-reactive ketones (excluding diaryl/α,β-unsaturated/α-hetero) is 1. The average Bonchev–Trinajstić information content (AvgIpc) is 2.82. The average molecular weight is 374 g/mol. The molecule has 0 saturated heterocycles. The molecule has 0 spiro atoms. The number of esters is 1. The van der Waals surface area contributed by atoms with Crippen LogP contribution in [0, 0.1) is 0 Å². The molecule has 1 heterocycles. The fourth-order valence-electron chi connectivity index (χ4n) is 2.17. The highest BCUT2D eigenvalue weighted by Gasteiger charge is 2.34. The highest BCUT2D eigenvalue weighted by Crippen LogP contribution is 2.40. The maximum Gasteiger partial charge on any atom is 0.341 e. The third-order valence-electron chi connectivity index (χ3n) is 3.22. The number of rotatable bonds is 4. The summed E-state index contributed by atoms with van der Waals surface area (Å²) in [5, 5.41) is 3.12. The Balaban J connectivity index is 2.48. The topological polar surface area (TPSA) is 72.5 Å². The van der Waals surface area contributed by atoms with Crippen molar-refractivity contribution in [3.63, 3.8) is 0 Å². The standard InChI is InChI=1S/C14H16BrNO4S/c1-3-9(17)16-13-10(14(19)20-4-2)7-5-6-8(15)11(18)12(7)21-13/h8H,3-6H2,1-2H3,(H,16,17)/t8-/m1/s1. The van der Waals surface area contributed by atoms with Crippen molar-refractivity contribution in [1.82, 2.24) is 0 Å². The number of carbonyl (C=O) groups excluding carboxylic acids is 3. The zero-order chi connectivity index (χ0) is 15.6. The number of nitrogens with one attached hydrogen (secondary N) is 1. The molecule has 2 rings (SSSR count). The number of halogens is 1. The lowest BCUT2D eigenvalue weighted by Crippen LogP contribution is -2.22. The Morgan fingerprint density at radius 3 is 2.76 bits per heavy atom. The molecule has 0 fully saturated rings. The Bertz CT molecular complexity index is 596. The van der Waals surface area contributed by atoms with Gasteiger partial charge in [-0.05, 0) is 25.3 Å². The minimum absolute atomic E-state index is 0.0382. The predicted molar refractivity (Wildman–Crippen MR) is 84.6 cm³/mol. The minimum Gasteiger partial charge on any atom is -0.462 e. The number of carbonyl (C=O) groups is 3. The second-order valence-electron chi connectivity index (χ2n) is 4.61. The van der Waals surface area contributed by atoms with Gasteiger partial charge in [-0.2, -0.15) is 0 Å². The minimum atomic E-state index is -0.484. The summed E-state index contributed by atoms with van der Waals surface area (Å²) < 4.78 is 5.06. The first-order valence-corrected chi connectivity index (χ1v) is 8.53. The van der Waals surface area contributed by atoms with Crippen LogP contribution in [0.3, 0.4) is 0 Å². The van der Waals surface area contributed by atoms with E-state index < -0.39 is 5.97 Å². The third kappa shape index (κ3) is 3.18. The molecule has 1 aromatic heterocycles. The van der Waals surface area contributed by atoms with Crippen LogP contribution in [-0.4, -0.2) is 29.1 Å². The molecular weight excluding hydrogens is 358 g/mol. The second-order valence-corrected chi connectivity index (χ2v) is 6.73. The van der Waals surface area contributed by atoms with Crippen LogP contribution in [0.5, 0.6) is 0 Å². The van der Waals surface area contributed by atoms with Gasteiger partial charge in [0.2, 0.25) is 5.91 Å². The van der Waals surface area contributed by atoms with Crippen molar-refractivity contribution in [2.24, 2.45) is 0 Å². The van der Waals surface area contributed by atoms with Crippen molar-refractivity contribution in [2.45, 2.75) is 37.9 Å². The Morgan fingerprint density at radius 2 is 2.14 bits per heavy atom. The summed E-state index contributed by atoms with van der Waals surface area (Å²) in [7, 11) is 0. The second kappa shape index (κ2) is 6.70. The Labute approximate surface area is 135 Å². The lowest BCUT2D eigenvalue weighted by Gasteiger charge is -2.16. The fraction of sp³-hybridized carbons (Fsp3) is 0.500. The molecule has 114 valence electrons. The number of anilines is 1. The fourth-order valence-corrected chi connectivity index (χ4v) is 4.03. The van der Waals surface area contributed by atoms with E-state index in [-0.39, 0.29) is 23.1 Å². The molecule has 5 nitrogen and oxygen atoms in total. The van der Waals surface area contributed by atoms with E-state index in [9.17, 15) is 14.4 Å². The predicted octanol–water partition coefficient (Wildman–Crippen LogP) is 3.17. The molecule has 0 saturated carbocycles. The van der Waals surface area contributed by atoms with E-state index in [2.05, 4.69) is 21.2 Å². The van der Waals surface area contributed by atoms with Crippen LogP contribution in [0.2, 0.25) is 0 Å². The van der Waals surface area contributed by atoms with Crippen molar-refractivity contribution in [2.75, 3.05) is 11.9 Å². The van der Waals surface area contributed by atoms with Gasteiger partial charge in [0.05, 0.1) is 21.9 Å². The van der Waals surface area contributed by atoms with Crippen molar-refractivity contribution in [3.05, 3.63) is 16.0 Å². The van der Waals surface area contributed by atoms with Crippen LogP contribution in [0.25, 0.3) is 0 Å². The van der Waals surface area contributed by atoms with Crippen molar-refractivity contribution in [1.29, 1.82) is 0 Å². The van der Waals surface area contributed by atoms with Gasteiger partial charge in [-0.3, -0.25) is 9.59 Å². The number of thiophene rings is 1. The monoisotopic (exact) mass is 373 g/mol. The van der Waals surface area contributed by atoms with Gasteiger partial charge in [-0.15, -0.1) is 11.3 Å². The maximum atomic E-state index is 12.2. The van der Waals surface area contributed by atoms with E-state index in [1.165, 1.54) is 0 Å². The zero-order valence-electron chi connectivity index (χ0n) is 11.8. The van der Waals surface area contributed by atoms with Crippen LogP contribution in [0.1, 0.15) is 52.3 Å². The summed E-state index contributed by atoms with van der Waals surface area (Å²) in [6, 6.07) is 0. The first kappa shape index (κ1) is 16.2. The number of ether oxygens (including phenoxy) is 1. The highest BCUT2D eigenvalue weighted by molar-refractivity contribution is 9.10. The number of ketones is 1. The molecular formula is C14H16BrNO4S. The first-order valence-electron chi connectivity index (χ1n) is 6.80. The molecule has 1 atom stereocenters. The van der Waals surface area contributed by atoms with Gasteiger partial charge in [0.1, 0.15) is 5.00 Å². The summed E-state index contributed by atoms with van der Waals surface area (Å²) in [6.07, 6.45) is 1.56. The van der Waals surface area contributed by atoms with E-state index in [1.807, 2.05) is 0 Å². The summed E-state index contributed by atoms with van der Waals surface area (Å²) in [5.41, 5.74) is 1.04. The molecule has 1 aliphatic rings. The number of alkyl halides is 1. The van der Waals surface area contributed by atoms with Crippen LogP contribution < -0.4 is 5.32 Å². The SMILES string of the molecule is CCOC(=O)c1c(NC(=O)CC)sc2c1CC[C@@H](Br)C2=O. The van der Waals surface area contributed by atoms with E-state index in [4.69, 9.17) is 4.74 Å². The first-order chi connectivity index (χ1) is 9.99. The summed E-state index contributed by atoms with van der Waals surface area (Å²) in [4.78, 5) is 36.3. The van der Waals surface area contributed by atoms with Gasteiger partial charge in [0, 0.05) is 6.42 Å². The number of fused-ring (bicyclic) bond motifs is 1. The lowest BCUT2D eigenvalue weighted by atomic mass is 9.94. The van der Waals surface area contributed by atoms with E-state index in [0.29, 0.717) is 40.3 Å². The molecule has 0 aromatic carbocycles. The maximum absolute atomic E-state index is 12.2. The van der Waals surface area contributed by atoms with Crippen LogP contribution in [-0.2, 0) is 16.0 Å². The van der Waals surface area contributed by atoms with Crippen LogP contribution >= 0.6 is 27.3 Å². The molecule has 0 aliphatic heterocycles. The Hall–Kier alpha value is -1.21. The van der Waals surface area contributed by atoms with Gasteiger partial charge < -0.3 is 10.1 Å².